The summed E-state index contributed by atoms with van der Waals surface area (Å²) in [6, 6.07) is 18.0. The molecule has 0 atom stereocenters. The molecule has 0 aliphatic heterocycles. The fraction of sp³-hybridized carbons (Fsp3) is 0.200. The lowest BCUT2D eigenvalue weighted by molar-refractivity contribution is 0.599. The minimum Gasteiger partial charge on any atom is -0.454 e. The maximum Gasteiger partial charge on any atom is 0.145 e. The van der Waals surface area contributed by atoms with Crippen LogP contribution in [0.1, 0.15) is 47.2 Å². The lowest BCUT2D eigenvalue weighted by Gasteiger charge is -1.99. The summed E-state index contributed by atoms with van der Waals surface area (Å²) in [5.41, 5.74) is 3.68. The molecule has 0 saturated heterocycles. The van der Waals surface area contributed by atoms with Gasteiger partial charge in [0.15, 0.2) is 0 Å². The minimum absolute atomic E-state index is 0.0782. The Hall–Kier alpha value is -4.18. The Morgan fingerprint density at radius 3 is 1.55 bits per heavy atom. The fourth-order valence-electron chi connectivity index (χ4n) is 4.04. The van der Waals surface area contributed by atoms with E-state index in [1.807, 2.05) is 42.5 Å². The summed E-state index contributed by atoms with van der Waals surface area (Å²) in [7, 11) is 0. The van der Waals surface area contributed by atoms with Gasteiger partial charge in [-0.2, -0.15) is 21.0 Å². The zero-order chi connectivity index (χ0) is 27.2. The first-order chi connectivity index (χ1) is 18.5. The smallest absolute Gasteiger partial charge is 0.145 e. The molecular weight excluding hydrogens is 529 g/mol. The van der Waals surface area contributed by atoms with Gasteiger partial charge in [-0.05, 0) is 78.4 Å². The van der Waals surface area contributed by atoms with Crippen molar-refractivity contribution in [2.75, 3.05) is 0 Å². The van der Waals surface area contributed by atoms with Crippen molar-refractivity contribution < 1.29 is 4.42 Å². The zero-order valence-electron chi connectivity index (χ0n) is 21.1. The van der Waals surface area contributed by atoms with E-state index in [1.165, 1.54) is 22.5 Å². The summed E-state index contributed by atoms with van der Waals surface area (Å²) < 4.78 is 6.40. The molecule has 0 aromatic carbocycles. The van der Waals surface area contributed by atoms with Gasteiger partial charge < -0.3 is 4.42 Å². The second kappa shape index (κ2) is 11.9. The molecule has 0 aliphatic rings. The SMILES string of the molecule is CCc1cc(C=C(C#N)C#N)sc1-c1ccc(-c2sc(-c3sc(C=C(C#N)C#N)cc3CC)cc2CC)o1. The summed E-state index contributed by atoms with van der Waals surface area (Å²) in [6.45, 7) is 6.31. The highest BCUT2D eigenvalue weighted by Crippen LogP contribution is 2.45. The van der Waals surface area contributed by atoms with E-state index >= 15 is 0 Å². The Kier molecular flexibility index (Phi) is 8.42. The molecule has 0 saturated carbocycles. The average molecular weight is 551 g/mol. The molecule has 38 heavy (non-hydrogen) atoms. The molecule has 0 radical (unpaired) electrons. The number of aryl methyl sites for hydroxylation is 3. The van der Waals surface area contributed by atoms with Crippen LogP contribution >= 0.6 is 34.0 Å². The van der Waals surface area contributed by atoms with Crippen LogP contribution in [0, 0.1) is 45.3 Å². The molecule has 8 heteroatoms. The summed E-state index contributed by atoms with van der Waals surface area (Å²) in [4.78, 5) is 6.14. The predicted molar refractivity (Wildman–Crippen MR) is 155 cm³/mol. The second-order valence-electron chi connectivity index (χ2n) is 8.26. The molecule has 0 fully saturated rings. The molecule has 186 valence electrons. The lowest BCUT2D eigenvalue weighted by Crippen LogP contribution is -1.79. The second-order valence-corrected chi connectivity index (χ2v) is 11.5. The third-order valence-electron chi connectivity index (χ3n) is 5.94. The van der Waals surface area contributed by atoms with E-state index in [-0.39, 0.29) is 11.1 Å². The van der Waals surface area contributed by atoms with Crippen LogP contribution in [-0.2, 0) is 19.3 Å². The van der Waals surface area contributed by atoms with Gasteiger partial charge in [0.2, 0.25) is 0 Å². The number of hydrogen-bond donors (Lipinski definition) is 0. The van der Waals surface area contributed by atoms with Crippen molar-refractivity contribution in [1.82, 2.24) is 0 Å². The minimum atomic E-state index is 0.0782. The summed E-state index contributed by atoms with van der Waals surface area (Å²) in [6.07, 6.45) is 5.77. The van der Waals surface area contributed by atoms with Gasteiger partial charge in [0.05, 0.1) is 9.75 Å². The van der Waals surface area contributed by atoms with Crippen molar-refractivity contribution in [3.05, 3.63) is 67.9 Å². The number of thiophene rings is 3. The summed E-state index contributed by atoms with van der Waals surface area (Å²) in [5.74, 6) is 1.58. The number of rotatable bonds is 8. The van der Waals surface area contributed by atoms with Crippen molar-refractivity contribution in [2.45, 2.75) is 40.0 Å². The van der Waals surface area contributed by atoms with Gasteiger partial charge in [-0.1, -0.05) is 20.8 Å². The number of hydrogen-bond acceptors (Lipinski definition) is 8. The molecule has 5 nitrogen and oxygen atoms in total. The standard InChI is InChI=1S/C30H22N4OS3/c1-4-20-11-23(9-18(14-31)15-32)36-28(20)25-7-8-26(35-25)29-22(6-3)13-27(38-29)30-21(5-2)12-24(37-30)10-19(16-33)17-34/h7-13H,4-6H2,1-3H3. The molecule has 0 amide bonds. The first-order valence-electron chi connectivity index (χ1n) is 12.0. The van der Waals surface area contributed by atoms with Crippen molar-refractivity contribution in [1.29, 1.82) is 21.0 Å². The number of allylic oxidation sites excluding steroid dienone is 2. The van der Waals surface area contributed by atoms with Gasteiger partial charge in [0.1, 0.15) is 46.9 Å². The van der Waals surface area contributed by atoms with E-state index in [1.54, 1.807) is 34.8 Å². The maximum atomic E-state index is 9.14. The fourth-order valence-corrected chi connectivity index (χ4v) is 7.75. The molecule has 4 aromatic rings. The molecule has 4 rings (SSSR count). The highest BCUT2D eigenvalue weighted by Gasteiger charge is 2.20. The van der Waals surface area contributed by atoms with E-state index in [0.29, 0.717) is 0 Å². The van der Waals surface area contributed by atoms with Crippen LogP contribution in [0.2, 0.25) is 0 Å². The van der Waals surface area contributed by atoms with Gasteiger partial charge >= 0.3 is 0 Å². The average Bonchev–Trinajstić information content (AvgIpc) is 3.74. The van der Waals surface area contributed by atoms with Crippen molar-refractivity contribution in [3.63, 3.8) is 0 Å². The Labute approximate surface area is 234 Å². The van der Waals surface area contributed by atoms with Gasteiger partial charge in [-0.3, -0.25) is 0 Å². The van der Waals surface area contributed by atoms with Crippen LogP contribution < -0.4 is 0 Å². The molecule has 0 bridgehead atoms. The first kappa shape index (κ1) is 26.9. The normalized spacial score (nSPS) is 10.2. The predicted octanol–water partition coefficient (Wildman–Crippen LogP) is 9.01. The summed E-state index contributed by atoms with van der Waals surface area (Å²) in [5, 5.41) is 36.5. The molecule has 0 spiro atoms. The number of nitrogens with zero attached hydrogens (tertiary/aromatic N) is 4. The molecule has 0 aliphatic carbocycles. The van der Waals surface area contributed by atoms with E-state index in [4.69, 9.17) is 25.5 Å². The molecule has 0 N–H and O–H groups in total. The van der Waals surface area contributed by atoms with Crippen molar-refractivity contribution >= 4 is 46.2 Å². The van der Waals surface area contributed by atoms with Crippen LogP contribution in [-0.4, -0.2) is 0 Å². The van der Waals surface area contributed by atoms with Crippen LogP contribution in [0.4, 0.5) is 0 Å². The highest BCUT2D eigenvalue weighted by molar-refractivity contribution is 7.24. The maximum absolute atomic E-state index is 9.14. The number of furan rings is 1. The van der Waals surface area contributed by atoms with E-state index in [2.05, 4.69) is 32.9 Å². The largest absolute Gasteiger partial charge is 0.454 e. The molecule has 4 heterocycles. The van der Waals surface area contributed by atoms with E-state index < -0.39 is 0 Å². The first-order valence-corrected chi connectivity index (χ1v) is 14.5. The van der Waals surface area contributed by atoms with Crippen LogP contribution in [0.5, 0.6) is 0 Å². The van der Waals surface area contributed by atoms with E-state index in [0.717, 1.165) is 65.6 Å². The zero-order valence-corrected chi connectivity index (χ0v) is 23.5. The Bertz CT molecular complexity index is 1700. The molecular formula is C30H22N4OS3. The third kappa shape index (κ3) is 5.40. The van der Waals surface area contributed by atoms with Gasteiger partial charge in [-0.15, -0.1) is 34.0 Å². The summed E-state index contributed by atoms with van der Waals surface area (Å²) >= 11 is 4.80. The van der Waals surface area contributed by atoms with Crippen molar-refractivity contribution in [2.24, 2.45) is 0 Å². The van der Waals surface area contributed by atoms with Gasteiger partial charge in [0.25, 0.3) is 0 Å². The Morgan fingerprint density at radius 2 is 1.08 bits per heavy atom. The van der Waals surface area contributed by atoms with Crippen LogP contribution in [0.3, 0.4) is 0 Å². The van der Waals surface area contributed by atoms with E-state index in [9.17, 15) is 0 Å². The van der Waals surface area contributed by atoms with Crippen molar-refractivity contribution in [3.8, 4) is 55.3 Å². The third-order valence-corrected chi connectivity index (χ3v) is 9.58. The topological polar surface area (TPSA) is 108 Å². The van der Waals surface area contributed by atoms with Gasteiger partial charge in [0, 0.05) is 19.5 Å². The lowest BCUT2D eigenvalue weighted by atomic mass is 10.1. The monoisotopic (exact) mass is 550 g/mol. The quantitative estimate of drug-likeness (QED) is 0.203. The Balaban J connectivity index is 1.73. The van der Waals surface area contributed by atoms with Gasteiger partial charge in [-0.25, -0.2) is 0 Å². The molecule has 4 aromatic heterocycles. The number of nitriles is 4. The Morgan fingerprint density at radius 1 is 0.658 bits per heavy atom. The van der Waals surface area contributed by atoms with Crippen LogP contribution in [0.15, 0.2) is 45.9 Å². The molecule has 0 unspecified atom stereocenters. The van der Waals surface area contributed by atoms with Crippen LogP contribution in [0.25, 0.3) is 43.2 Å². The highest BCUT2D eigenvalue weighted by atomic mass is 32.1.